The van der Waals surface area contributed by atoms with Crippen LogP contribution in [0, 0.1) is 0 Å². The lowest BCUT2D eigenvalue weighted by Gasteiger charge is -2.38. The molecule has 1 aromatic carbocycles. The largest absolute Gasteiger partial charge is 0.573 e. The summed E-state index contributed by atoms with van der Waals surface area (Å²) in [5, 5.41) is 0.194. The zero-order chi connectivity index (χ0) is 19.6. The monoisotopic (exact) mass is 389 g/mol. The SMILES string of the molecule is CC(C)(C)[Si](C)(C)O[C@H]1CCN(CCc2cccc(OC(F)(F)F)c2)C1. The molecule has 1 fully saturated rings. The van der Waals surface area contributed by atoms with E-state index in [4.69, 9.17) is 4.43 Å². The molecule has 0 saturated carbocycles. The van der Waals surface area contributed by atoms with E-state index in [0.717, 1.165) is 31.6 Å². The van der Waals surface area contributed by atoms with E-state index < -0.39 is 14.7 Å². The van der Waals surface area contributed by atoms with Crippen LogP contribution in [-0.4, -0.2) is 45.3 Å². The summed E-state index contributed by atoms with van der Waals surface area (Å²) in [6.45, 7) is 13.9. The number of nitrogens with zero attached hydrogens (tertiary/aromatic N) is 1. The van der Waals surface area contributed by atoms with E-state index in [1.807, 2.05) is 6.07 Å². The molecule has 2 rings (SSSR count). The molecule has 1 saturated heterocycles. The summed E-state index contributed by atoms with van der Waals surface area (Å²) in [4.78, 5) is 2.33. The summed E-state index contributed by atoms with van der Waals surface area (Å²) in [6, 6.07) is 6.23. The van der Waals surface area contributed by atoms with E-state index >= 15 is 0 Å². The molecule has 0 aromatic heterocycles. The van der Waals surface area contributed by atoms with Crippen molar-refractivity contribution in [3.8, 4) is 5.75 Å². The molecule has 1 aromatic rings. The molecular weight excluding hydrogens is 359 g/mol. The summed E-state index contributed by atoms with van der Waals surface area (Å²) in [7, 11) is -1.77. The second kappa shape index (κ2) is 7.90. The molecule has 0 aliphatic carbocycles. The fourth-order valence-electron chi connectivity index (χ4n) is 2.88. The summed E-state index contributed by atoms with van der Waals surface area (Å²) in [6.07, 6.45) is -2.68. The van der Waals surface area contributed by atoms with E-state index in [-0.39, 0.29) is 16.9 Å². The second-order valence-corrected chi connectivity index (χ2v) is 13.3. The molecule has 26 heavy (non-hydrogen) atoms. The molecule has 0 amide bonds. The second-order valence-electron chi connectivity index (χ2n) is 8.53. The molecule has 1 aliphatic rings. The van der Waals surface area contributed by atoms with Gasteiger partial charge in [0.1, 0.15) is 5.75 Å². The molecule has 148 valence electrons. The predicted molar refractivity (Wildman–Crippen MR) is 100.0 cm³/mol. The van der Waals surface area contributed by atoms with Gasteiger partial charge in [-0.1, -0.05) is 32.9 Å². The van der Waals surface area contributed by atoms with Gasteiger partial charge in [-0.15, -0.1) is 13.2 Å². The van der Waals surface area contributed by atoms with Crippen molar-refractivity contribution in [3.05, 3.63) is 29.8 Å². The highest BCUT2D eigenvalue weighted by molar-refractivity contribution is 6.74. The van der Waals surface area contributed by atoms with Gasteiger partial charge in [-0.3, -0.25) is 0 Å². The first kappa shape index (κ1) is 21.2. The van der Waals surface area contributed by atoms with Crippen LogP contribution in [0.15, 0.2) is 24.3 Å². The Hall–Kier alpha value is -1.05. The topological polar surface area (TPSA) is 21.7 Å². The normalized spacial score (nSPS) is 19.8. The third-order valence-corrected chi connectivity index (χ3v) is 9.88. The van der Waals surface area contributed by atoms with Gasteiger partial charge in [0.05, 0.1) is 6.10 Å². The maximum atomic E-state index is 12.3. The maximum absolute atomic E-state index is 12.3. The van der Waals surface area contributed by atoms with Crippen molar-refractivity contribution in [2.24, 2.45) is 0 Å². The molecule has 0 radical (unpaired) electrons. The smallest absolute Gasteiger partial charge is 0.413 e. The highest BCUT2D eigenvalue weighted by Crippen LogP contribution is 2.38. The van der Waals surface area contributed by atoms with E-state index in [2.05, 4.69) is 43.5 Å². The van der Waals surface area contributed by atoms with E-state index in [1.165, 1.54) is 12.1 Å². The van der Waals surface area contributed by atoms with Crippen LogP contribution in [0.1, 0.15) is 32.8 Å². The summed E-state index contributed by atoms with van der Waals surface area (Å²) < 4.78 is 47.4. The van der Waals surface area contributed by atoms with Gasteiger partial charge in [-0.2, -0.15) is 0 Å². The number of halogens is 3. The van der Waals surface area contributed by atoms with Crippen LogP contribution >= 0.6 is 0 Å². The van der Waals surface area contributed by atoms with Crippen LogP contribution in [0.2, 0.25) is 18.1 Å². The zero-order valence-electron chi connectivity index (χ0n) is 16.3. The fraction of sp³-hybridized carbons (Fsp3) is 0.684. The van der Waals surface area contributed by atoms with Crippen LogP contribution < -0.4 is 4.74 Å². The van der Waals surface area contributed by atoms with Crippen molar-refractivity contribution >= 4 is 8.32 Å². The highest BCUT2D eigenvalue weighted by atomic mass is 28.4. The van der Waals surface area contributed by atoms with Gasteiger partial charge in [0.15, 0.2) is 8.32 Å². The molecule has 1 atom stereocenters. The van der Waals surface area contributed by atoms with Crippen molar-refractivity contribution in [1.29, 1.82) is 0 Å². The molecule has 7 heteroatoms. The molecule has 0 bridgehead atoms. The van der Waals surface area contributed by atoms with Gasteiger partial charge in [-0.05, 0) is 48.7 Å². The van der Waals surface area contributed by atoms with Gasteiger partial charge in [0.2, 0.25) is 0 Å². The Bertz CT molecular complexity index is 599. The number of hydrogen-bond donors (Lipinski definition) is 0. The van der Waals surface area contributed by atoms with Crippen molar-refractivity contribution in [3.63, 3.8) is 0 Å². The van der Waals surface area contributed by atoms with Gasteiger partial charge in [0, 0.05) is 19.6 Å². The predicted octanol–water partition coefficient (Wildman–Crippen LogP) is 5.22. The molecule has 0 unspecified atom stereocenters. The van der Waals surface area contributed by atoms with Gasteiger partial charge >= 0.3 is 6.36 Å². The van der Waals surface area contributed by atoms with Crippen molar-refractivity contribution < 1.29 is 22.3 Å². The molecule has 3 nitrogen and oxygen atoms in total. The van der Waals surface area contributed by atoms with Crippen LogP contribution in [-0.2, 0) is 10.8 Å². The first-order chi connectivity index (χ1) is 11.9. The number of rotatable bonds is 6. The average molecular weight is 390 g/mol. The quantitative estimate of drug-likeness (QED) is 0.622. The number of alkyl halides is 3. The van der Waals surface area contributed by atoms with Crippen LogP contribution in [0.3, 0.4) is 0 Å². The third kappa shape index (κ3) is 6.28. The lowest BCUT2D eigenvalue weighted by Crippen LogP contribution is -2.44. The Morgan fingerprint density at radius 3 is 2.50 bits per heavy atom. The molecular formula is C19H30F3NO2Si. The standard InChI is InChI=1S/C19H30F3NO2Si/c1-18(2,3)26(4,5)25-17-10-12-23(14-17)11-9-15-7-6-8-16(13-15)24-19(20,21)22/h6-8,13,17H,9-12,14H2,1-5H3/t17-/m0/s1. The van der Waals surface area contributed by atoms with E-state index in [0.29, 0.717) is 6.42 Å². The highest BCUT2D eigenvalue weighted by Gasteiger charge is 2.40. The first-order valence-corrected chi connectivity index (χ1v) is 12.0. The van der Waals surface area contributed by atoms with Crippen molar-refractivity contribution in [2.45, 2.75) is 64.2 Å². The van der Waals surface area contributed by atoms with E-state index in [9.17, 15) is 13.2 Å². The van der Waals surface area contributed by atoms with Crippen LogP contribution in [0.25, 0.3) is 0 Å². The molecule has 1 aliphatic heterocycles. The number of benzene rings is 1. The van der Waals surface area contributed by atoms with Crippen molar-refractivity contribution in [1.82, 2.24) is 4.90 Å². The molecule has 1 heterocycles. The molecule has 0 spiro atoms. The lowest BCUT2D eigenvalue weighted by molar-refractivity contribution is -0.274. The summed E-state index contributed by atoms with van der Waals surface area (Å²) >= 11 is 0. The Kier molecular flexibility index (Phi) is 6.46. The van der Waals surface area contributed by atoms with Crippen LogP contribution in [0.5, 0.6) is 5.75 Å². The van der Waals surface area contributed by atoms with Crippen molar-refractivity contribution in [2.75, 3.05) is 19.6 Å². The van der Waals surface area contributed by atoms with Gasteiger partial charge in [0.25, 0.3) is 0 Å². The number of hydrogen-bond acceptors (Lipinski definition) is 3. The van der Waals surface area contributed by atoms with Gasteiger partial charge < -0.3 is 14.1 Å². The third-order valence-electron chi connectivity index (χ3n) is 5.35. The van der Waals surface area contributed by atoms with Gasteiger partial charge in [-0.25, -0.2) is 0 Å². The Morgan fingerprint density at radius 2 is 1.88 bits per heavy atom. The summed E-state index contributed by atoms with van der Waals surface area (Å²) in [5.41, 5.74) is 0.848. The van der Waals surface area contributed by atoms with E-state index in [1.54, 1.807) is 6.07 Å². The summed E-state index contributed by atoms with van der Waals surface area (Å²) in [5.74, 6) is -0.157. The first-order valence-electron chi connectivity index (χ1n) is 9.11. The lowest BCUT2D eigenvalue weighted by atomic mass is 10.1. The minimum atomic E-state index is -4.65. The Morgan fingerprint density at radius 1 is 1.19 bits per heavy atom. The maximum Gasteiger partial charge on any atom is 0.573 e. The van der Waals surface area contributed by atoms with Crippen LogP contribution in [0.4, 0.5) is 13.2 Å². The number of likely N-dealkylation sites (tertiary alicyclic amines) is 1. The minimum absolute atomic E-state index is 0.157. The molecule has 0 N–H and O–H groups in total. The zero-order valence-corrected chi connectivity index (χ0v) is 17.3. The Labute approximate surface area is 155 Å². The fourth-order valence-corrected chi connectivity index (χ4v) is 4.25. The Balaban J connectivity index is 1.84. The number of ether oxygens (including phenoxy) is 1. The average Bonchev–Trinajstić information content (AvgIpc) is 2.89. The minimum Gasteiger partial charge on any atom is -0.413 e.